The van der Waals surface area contributed by atoms with Crippen LogP contribution in [0.2, 0.25) is 0 Å². The Labute approximate surface area is 113 Å². The minimum atomic E-state index is -0.148. The minimum absolute atomic E-state index is 0.0397. The molecule has 0 saturated heterocycles. The fraction of sp³-hybridized carbons (Fsp3) is 0.500. The summed E-state index contributed by atoms with van der Waals surface area (Å²) in [7, 11) is 1.62. The number of fused-ring (bicyclic) bond motifs is 1. The van der Waals surface area contributed by atoms with Crippen LogP contribution in [0.25, 0.3) is 0 Å². The maximum absolute atomic E-state index is 12.0. The maximum Gasteiger partial charge on any atom is 0.237 e. The first kappa shape index (κ1) is 13.8. The number of ether oxygens (including phenoxy) is 1. The number of hydrogen-bond donors (Lipinski definition) is 2. The number of benzene rings is 1. The summed E-state index contributed by atoms with van der Waals surface area (Å²) in [6.07, 6.45) is 0. The third-order valence-electron chi connectivity index (χ3n) is 3.51. The summed E-state index contributed by atoms with van der Waals surface area (Å²) in [6, 6.07) is 5.79. The molecular formula is C14H21N3O2. The lowest BCUT2D eigenvalue weighted by Gasteiger charge is -2.22. The summed E-state index contributed by atoms with van der Waals surface area (Å²) in [5.41, 5.74) is 9.03. The Bertz CT molecular complexity index is 462. The number of hydrogen-bond acceptors (Lipinski definition) is 4. The van der Waals surface area contributed by atoms with Crippen molar-refractivity contribution in [2.45, 2.75) is 26.1 Å². The van der Waals surface area contributed by atoms with Crippen LogP contribution in [-0.2, 0) is 22.6 Å². The van der Waals surface area contributed by atoms with Gasteiger partial charge in [-0.3, -0.25) is 9.69 Å². The fourth-order valence-corrected chi connectivity index (χ4v) is 2.30. The minimum Gasteiger partial charge on any atom is -0.399 e. The molecule has 0 spiro atoms. The van der Waals surface area contributed by atoms with Gasteiger partial charge in [0, 0.05) is 32.4 Å². The third-order valence-corrected chi connectivity index (χ3v) is 3.51. The molecule has 5 heteroatoms. The number of nitrogen functional groups attached to an aromatic ring is 1. The quantitative estimate of drug-likeness (QED) is 0.607. The average molecular weight is 263 g/mol. The smallest absolute Gasteiger partial charge is 0.237 e. The van der Waals surface area contributed by atoms with Gasteiger partial charge in [-0.2, -0.15) is 0 Å². The Hall–Kier alpha value is -1.59. The molecule has 1 unspecified atom stereocenters. The van der Waals surface area contributed by atoms with Gasteiger partial charge in [-0.05, 0) is 30.2 Å². The summed E-state index contributed by atoms with van der Waals surface area (Å²) < 4.78 is 4.92. The lowest BCUT2D eigenvalue weighted by atomic mass is 10.1. The summed E-state index contributed by atoms with van der Waals surface area (Å²) in [5.74, 6) is 0.0397. The molecule has 2 rings (SSSR count). The van der Waals surface area contributed by atoms with Crippen LogP contribution in [0, 0.1) is 0 Å². The van der Waals surface area contributed by atoms with E-state index in [9.17, 15) is 4.79 Å². The van der Waals surface area contributed by atoms with E-state index in [2.05, 4.69) is 10.2 Å². The van der Waals surface area contributed by atoms with E-state index in [-0.39, 0.29) is 11.9 Å². The van der Waals surface area contributed by atoms with E-state index in [0.29, 0.717) is 13.2 Å². The number of nitrogens with one attached hydrogen (secondary N) is 1. The van der Waals surface area contributed by atoms with Gasteiger partial charge >= 0.3 is 0 Å². The van der Waals surface area contributed by atoms with Gasteiger partial charge in [0.15, 0.2) is 0 Å². The standard InChI is InChI=1S/C14H21N3O2/c1-10(14(18)16-5-6-19-2)17-8-11-3-4-13(15)7-12(11)9-17/h3-4,7,10H,5-6,8-9,15H2,1-2H3,(H,16,18). The van der Waals surface area contributed by atoms with Gasteiger partial charge in [-0.1, -0.05) is 6.07 Å². The van der Waals surface area contributed by atoms with Gasteiger partial charge in [0.25, 0.3) is 0 Å². The number of amides is 1. The average Bonchev–Trinajstić information content (AvgIpc) is 2.80. The van der Waals surface area contributed by atoms with E-state index >= 15 is 0 Å². The topological polar surface area (TPSA) is 67.6 Å². The molecule has 1 atom stereocenters. The molecular weight excluding hydrogens is 242 g/mol. The second kappa shape index (κ2) is 6.04. The molecule has 1 heterocycles. The van der Waals surface area contributed by atoms with Crippen molar-refractivity contribution < 1.29 is 9.53 Å². The fourth-order valence-electron chi connectivity index (χ4n) is 2.30. The SMILES string of the molecule is COCCNC(=O)C(C)N1Cc2ccc(N)cc2C1. The van der Waals surface area contributed by atoms with Crippen LogP contribution < -0.4 is 11.1 Å². The molecule has 0 saturated carbocycles. The van der Waals surface area contributed by atoms with Crippen LogP contribution in [0.1, 0.15) is 18.1 Å². The molecule has 1 aliphatic rings. The molecule has 0 aromatic heterocycles. The number of rotatable bonds is 5. The predicted octanol–water partition coefficient (Wildman–Crippen LogP) is 0.735. The largest absolute Gasteiger partial charge is 0.399 e. The second-order valence-corrected chi connectivity index (χ2v) is 4.89. The molecule has 5 nitrogen and oxygen atoms in total. The first-order chi connectivity index (χ1) is 9.11. The Morgan fingerprint density at radius 3 is 2.95 bits per heavy atom. The maximum atomic E-state index is 12.0. The third kappa shape index (κ3) is 3.24. The zero-order valence-electron chi connectivity index (χ0n) is 11.5. The molecule has 3 N–H and O–H groups in total. The summed E-state index contributed by atoms with van der Waals surface area (Å²) in [6.45, 7) is 4.59. The molecule has 0 aliphatic carbocycles. The first-order valence-electron chi connectivity index (χ1n) is 6.50. The molecule has 0 fully saturated rings. The van der Waals surface area contributed by atoms with Crippen LogP contribution in [0.3, 0.4) is 0 Å². The van der Waals surface area contributed by atoms with Gasteiger partial charge in [0.1, 0.15) is 0 Å². The van der Waals surface area contributed by atoms with Crippen molar-refractivity contribution >= 4 is 11.6 Å². The normalized spacial score (nSPS) is 16.1. The van der Waals surface area contributed by atoms with Crippen LogP contribution in [0.15, 0.2) is 18.2 Å². The lowest BCUT2D eigenvalue weighted by molar-refractivity contribution is -0.126. The molecule has 1 aliphatic heterocycles. The van der Waals surface area contributed by atoms with Crippen LogP contribution >= 0.6 is 0 Å². The monoisotopic (exact) mass is 263 g/mol. The lowest BCUT2D eigenvalue weighted by Crippen LogP contribution is -2.43. The van der Waals surface area contributed by atoms with Crippen LogP contribution in [0.4, 0.5) is 5.69 Å². The number of carbonyl (C=O) groups is 1. The van der Waals surface area contributed by atoms with Gasteiger partial charge < -0.3 is 15.8 Å². The van der Waals surface area contributed by atoms with Gasteiger partial charge in [0.2, 0.25) is 5.91 Å². The van der Waals surface area contributed by atoms with Crippen molar-refractivity contribution in [2.24, 2.45) is 0 Å². The highest BCUT2D eigenvalue weighted by atomic mass is 16.5. The zero-order chi connectivity index (χ0) is 13.8. The van der Waals surface area contributed by atoms with E-state index in [1.165, 1.54) is 11.1 Å². The summed E-state index contributed by atoms with van der Waals surface area (Å²) >= 11 is 0. The van der Waals surface area contributed by atoms with Gasteiger partial charge in [-0.15, -0.1) is 0 Å². The van der Waals surface area contributed by atoms with Crippen LogP contribution in [0.5, 0.6) is 0 Å². The molecule has 0 radical (unpaired) electrons. The Morgan fingerprint density at radius 1 is 1.47 bits per heavy atom. The number of anilines is 1. The second-order valence-electron chi connectivity index (χ2n) is 4.89. The molecule has 1 amide bonds. The predicted molar refractivity (Wildman–Crippen MR) is 74.4 cm³/mol. The molecule has 19 heavy (non-hydrogen) atoms. The van der Waals surface area contributed by atoms with Crippen molar-refractivity contribution in [3.05, 3.63) is 29.3 Å². The van der Waals surface area contributed by atoms with E-state index in [1.807, 2.05) is 25.1 Å². The molecule has 0 bridgehead atoms. The number of nitrogens with zero attached hydrogens (tertiary/aromatic N) is 1. The zero-order valence-corrected chi connectivity index (χ0v) is 11.5. The van der Waals surface area contributed by atoms with Crippen molar-refractivity contribution in [3.63, 3.8) is 0 Å². The van der Waals surface area contributed by atoms with Crippen LogP contribution in [-0.4, -0.2) is 37.1 Å². The van der Waals surface area contributed by atoms with Gasteiger partial charge in [-0.25, -0.2) is 0 Å². The Kier molecular flexibility index (Phi) is 4.39. The highest BCUT2D eigenvalue weighted by molar-refractivity contribution is 5.81. The van der Waals surface area contributed by atoms with E-state index in [1.54, 1.807) is 7.11 Å². The Balaban J connectivity index is 1.92. The number of nitrogens with two attached hydrogens (primary N) is 1. The van der Waals surface area contributed by atoms with Crippen molar-refractivity contribution in [3.8, 4) is 0 Å². The summed E-state index contributed by atoms with van der Waals surface area (Å²) in [4.78, 5) is 14.1. The first-order valence-corrected chi connectivity index (χ1v) is 6.50. The molecule has 1 aromatic carbocycles. The van der Waals surface area contributed by atoms with E-state index in [0.717, 1.165) is 18.8 Å². The van der Waals surface area contributed by atoms with Gasteiger partial charge in [0.05, 0.1) is 12.6 Å². The van der Waals surface area contributed by atoms with Crippen molar-refractivity contribution in [1.82, 2.24) is 10.2 Å². The number of methoxy groups -OCH3 is 1. The van der Waals surface area contributed by atoms with E-state index in [4.69, 9.17) is 10.5 Å². The number of carbonyl (C=O) groups excluding carboxylic acids is 1. The molecule has 1 aromatic rings. The van der Waals surface area contributed by atoms with Crippen molar-refractivity contribution in [1.29, 1.82) is 0 Å². The Morgan fingerprint density at radius 2 is 2.21 bits per heavy atom. The highest BCUT2D eigenvalue weighted by Gasteiger charge is 2.27. The van der Waals surface area contributed by atoms with Crippen molar-refractivity contribution in [2.75, 3.05) is 26.0 Å². The molecule has 104 valence electrons. The highest BCUT2D eigenvalue weighted by Crippen LogP contribution is 2.26. The van der Waals surface area contributed by atoms with E-state index < -0.39 is 0 Å². The summed E-state index contributed by atoms with van der Waals surface area (Å²) in [5, 5.41) is 2.87.